The highest BCUT2D eigenvalue weighted by atomic mass is 16.5. The van der Waals surface area contributed by atoms with Gasteiger partial charge < -0.3 is 15.0 Å². The van der Waals surface area contributed by atoms with Crippen LogP contribution in [0.3, 0.4) is 0 Å². The zero-order chi connectivity index (χ0) is 21.8. The first-order valence-corrected chi connectivity index (χ1v) is 9.78. The highest BCUT2D eigenvalue weighted by Crippen LogP contribution is 2.34. The summed E-state index contributed by atoms with van der Waals surface area (Å²) in [4.78, 5) is 19.8. The molecule has 0 spiro atoms. The lowest BCUT2D eigenvalue weighted by Gasteiger charge is -2.13. The second-order valence-corrected chi connectivity index (χ2v) is 7.05. The van der Waals surface area contributed by atoms with Crippen LogP contribution in [0.25, 0.3) is 22.5 Å². The number of aliphatic imine (C=N–C) groups is 1. The van der Waals surface area contributed by atoms with Gasteiger partial charge in [0.2, 0.25) is 0 Å². The molecule has 0 saturated heterocycles. The summed E-state index contributed by atoms with van der Waals surface area (Å²) < 4.78 is 8.27. The van der Waals surface area contributed by atoms with E-state index in [0.29, 0.717) is 11.4 Å². The van der Waals surface area contributed by atoms with Crippen molar-refractivity contribution in [2.45, 2.75) is 0 Å². The molecule has 4 aromatic rings. The number of ether oxygens (including phenoxy) is 1. The van der Waals surface area contributed by atoms with Crippen molar-refractivity contribution >= 4 is 12.1 Å². The van der Waals surface area contributed by atoms with Gasteiger partial charge in [0.05, 0.1) is 11.4 Å². The van der Waals surface area contributed by atoms with E-state index in [2.05, 4.69) is 26.7 Å². The van der Waals surface area contributed by atoms with Gasteiger partial charge in [-0.3, -0.25) is 9.79 Å². The Balaban J connectivity index is 1.65. The molecular formula is C25H22N4O2. The third-order valence-corrected chi connectivity index (χ3v) is 4.88. The molecule has 1 amide bonds. The fourth-order valence-electron chi connectivity index (χ4n) is 3.36. The first-order chi connectivity index (χ1) is 15.0. The fraction of sp³-hybridized carbons (Fsp3) is 0.0800. The number of aryl methyl sites for hydroxylation is 1. The summed E-state index contributed by atoms with van der Waals surface area (Å²) in [5.41, 5.74) is 10.1. The van der Waals surface area contributed by atoms with Gasteiger partial charge in [-0.25, -0.2) is 4.98 Å². The normalized spacial score (nSPS) is 11.0. The van der Waals surface area contributed by atoms with Crippen molar-refractivity contribution in [3.63, 3.8) is 0 Å². The molecular weight excluding hydrogens is 388 g/mol. The summed E-state index contributed by atoms with van der Waals surface area (Å²) in [5.74, 6) is 0.894. The van der Waals surface area contributed by atoms with Crippen LogP contribution in [0.4, 0.5) is 0 Å². The first kappa shape index (κ1) is 20.1. The average molecular weight is 410 g/mol. The average Bonchev–Trinajstić information content (AvgIpc) is 3.21. The Morgan fingerprint density at radius 1 is 1.06 bits per heavy atom. The van der Waals surface area contributed by atoms with E-state index in [0.717, 1.165) is 28.1 Å². The summed E-state index contributed by atoms with van der Waals surface area (Å²) in [6.07, 6.45) is 3.82. The number of carbonyl (C=O) groups is 1. The van der Waals surface area contributed by atoms with Crippen molar-refractivity contribution in [1.82, 2.24) is 9.55 Å². The Morgan fingerprint density at radius 3 is 2.55 bits per heavy atom. The van der Waals surface area contributed by atoms with E-state index in [9.17, 15) is 4.79 Å². The molecule has 0 atom stereocenters. The predicted octanol–water partition coefficient (Wildman–Crippen LogP) is 4.69. The Hall–Kier alpha value is -4.19. The van der Waals surface area contributed by atoms with Gasteiger partial charge in [0.15, 0.2) is 0 Å². The van der Waals surface area contributed by atoms with Crippen LogP contribution >= 0.6 is 0 Å². The molecule has 0 unspecified atom stereocenters. The Morgan fingerprint density at radius 2 is 1.87 bits per heavy atom. The van der Waals surface area contributed by atoms with Crippen LogP contribution in [-0.4, -0.2) is 28.7 Å². The number of nitrogens with zero attached hydrogens (tertiary/aromatic N) is 3. The molecule has 2 aromatic carbocycles. The molecule has 0 fully saturated rings. The Kier molecular flexibility index (Phi) is 5.62. The molecule has 4 rings (SSSR count). The lowest BCUT2D eigenvalue weighted by Crippen LogP contribution is -2.12. The third kappa shape index (κ3) is 4.38. The molecule has 6 nitrogen and oxygen atoms in total. The van der Waals surface area contributed by atoms with Gasteiger partial charge in [-0.15, -0.1) is 0 Å². The van der Waals surface area contributed by atoms with Crippen LogP contribution in [0.1, 0.15) is 16.1 Å². The second-order valence-electron chi connectivity index (χ2n) is 7.05. The predicted molar refractivity (Wildman–Crippen MR) is 123 cm³/mol. The molecule has 154 valence electrons. The van der Waals surface area contributed by atoms with Gasteiger partial charge in [-0.1, -0.05) is 6.07 Å². The fourth-order valence-corrected chi connectivity index (χ4v) is 3.36. The lowest BCUT2D eigenvalue weighted by molar-refractivity contribution is 0.0995. The van der Waals surface area contributed by atoms with Gasteiger partial charge in [-0.05, 0) is 72.3 Å². The van der Waals surface area contributed by atoms with Gasteiger partial charge >= 0.3 is 0 Å². The molecule has 0 aliphatic rings. The maximum Gasteiger partial charge on any atom is 0.267 e. The van der Waals surface area contributed by atoms with Crippen molar-refractivity contribution in [2.24, 2.45) is 17.8 Å². The van der Waals surface area contributed by atoms with Gasteiger partial charge in [0.1, 0.15) is 17.2 Å². The van der Waals surface area contributed by atoms with Crippen LogP contribution in [0, 0.1) is 0 Å². The van der Waals surface area contributed by atoms with Crippen LogP contribution in [0.15, 0.2) is 84.0 Å². The van der Waals surface area contributed by atoms with Crippen molar-refractivity contribution < 1.29 is 9.53 Å². The number of pyridine rings is 1. The lowest BCUT2D eigenvalue weighted by atomic mass is 10.1. The number of primary amides is 1. The number of amides is 1. The van der Waals surface area contributed by atoms with Crippen LogP contribution in [0.2, 0.25) is 0 Å². The van der Waals surface area contributed by atoms with E-state index in [1.165, 1.54) is 0 Å². The van der Waals surface area contributed by atoms with Gasteiger partial charge in [0.25, 0.3) is 5.91 Å². The largest absolute Gasteiger partial charge is 0.457 e. The number of rotatable bonds is 6. The summed E-state index contributed by atoms with van der Waals surface area (Å²) >= 11 is 0. The summed E-state index contributed by atoms with van der Waals surface area (Å²) in [6.45, 7) is 0. The molecule has 2 aromatic heterocycles. The van der Waals surface area contributed by atoms with Crippen LogP contribution in [0.5, 0.6) is 11.5 Å². The monoisotopic (exact) mass is 410 g/mol. The quantitative estimate of drug-likeness (QED) is 0.468. The van der Waals surface area contributed by atoms with Crippen LogP contribution < -0.4 is 10.5 Å². The molecule has 0 aliphatic carbocycles. The molecule has 0 aliphatic heterocycles. The van der Waals surface area contributed by atoms with Crippen molar-refractivity contribution in [3.05, 3.63) is 90.3 Å². The summed E-state index contributed by atoms with van der Waals surface area (Å²) in [6, 6.07) is 22.8. The summed E-state index contributed by atoms with van der Waals surface area (Å²) in [7, 11) is 3.75. The van der Waals surface area contributed by atoms with Crippen molar-refractivity contribution in [2.75, 3.05) is 7.05 Å². The zero-order valence-electron chi connectivity index (χ0n) is 17.3. The number of hydrogen-bond donors (Lipinski definition) is 1. The van der Waals surface area contributed by atoms with E-state index in [1.807, 2.05) is 68.0 Å². The SMILES string of the molecule is C/N=C/c1ccc(Oc2ccc(-c3cccc(C(N)=O)n3)cc2)c(-c2cccn2C)c1. The van der Waals surface area contributed by atoms with E-state index in [4.69, 9.17) is 10.5 Å². The molecule has 0 radical (unpaired) electrons. The Bertz CT molecular complexity index is 1260. The molecule has 6 heteroatoms. The van der Waals surface area contributed by atoms with Crippen LogP contribution in [-0.2, 0) is 7.05 Å². The van der Waals surface area contributed by atoms with E-state index in [1.54, 1.807) is 19.2 Å². The molecule has 0 bridgehead atoms. The zero-order valence-corrected chi connectivity index (χ0v) is 17.3. The van der Waals surface area contributed by atoms with Gasteiger partial charge in [0, 0.05) is 37.6 Å². The molecule has 0 saturated carbocycles. The first-order valence-electron chi connectivity index (χ1n) is 9.78. The maximum atomic E-state index is 11.4. The van der Waals surface area contributed by atoms with Crippen molar-refractivity contribution in [1.29, 1.82) is 0 Å². The topological polar surface area (TPSA) is 82.5 Å². The highest BCUT2D eigenvalue weighted by molar-refractivity contribution is 5.91. The number of carbonyl (C=O) groups excluding carboxylic acids is 1. The van der Waals surface area contributed by atoms with Crippen molar-refractivity contribution in [3.8, 4) is 34.0 Å². The van der Waals surface area contributed by atoms with E-state index >= 15 is 0 Å². The minimum atomic E-state index is -0.549. The summed E-state index contributed by atoms with van der Waals surface area (Å²) in [5, 5.41) is 0. The third-order valence-electron chi connectivity index (χ3n) is 4.88. The van der Waals surface area contributed by atoms with Gasteiger partial charge in [-0.2, -0.15) is 0 Å². The highest BCUT2D eigenvalue weighted by Gasteiger charge is 2.12. The minimum Gasteiger partial charge on any atom is -0.457 e. The number of benzene rings is 2. The standard InChI is InChI=1S/C25H22N4O2/c1-27-16-17-8-13-24(20(15-17)23-7-4-14-29(23)2)31-19-11-9-18(10-12-19)21-5-3-6-22(28-21)25(26)30/h3-16H,1-2H3,(H2,26,30)/b27-16+. The number of hydrogen-bond acceptors (Lipinski definition) is 4. The van der Waals surface area contributed by atoms with E-state index < -0.39 is 5.91 Å². The number of nitrogens with two attached hydrogens (primary N) is 1. The Labute approximate surface area is 180 Å². The minimum absolute atomic E-state index is 0.237. The smallest absolute Gasteiger partial charge is 0.267 e. The van der Waals surface area contributed by atoms with E-state index in [-0.39, 0.29) is 5.69 Å². The molecule has 2 heterocycles. The molecule has 2 N–H and O–H groups in total. The molecule has 31 heavy (non-hydrogen) atoms. The number of aromatic nitrogens is 2. The second kappa shape index (κ2) is 8.67. The maximum absolute atomic E-state index is 11.4.